The van der Waals surface area contributed by atoms with E-state index in [2.05, 4.69) is 25.2 Å². The number of ether oxygens (including phenoxy) is 2. The largest absolute Gasteiger partial charge is 0.492 e. The summed E-state index contributed by atoms with van der Waals surface area (Å²) in [4.78, 5) is 13.0. The lowest BCUT2D eigenvalue weighted by Crippen LogP contribution is -2.48. The van der Waals surface area contributed by atoms with Crippen LogP contribution in [0, 0.1) is 17.2 Å². The first kappa shape index (κ1) is 20.3. The molecule has 1 N–H and O–H groups in total. The lowest BCUT2D eigenvalue weighted by molar-refractivity contribution is -0.147. The van der Waals surface area contributed by atoms with Gasteiger partial charge < -0.3 is 14.8 Å². The van der Waals surface area contributed by atoms with Gasteiger partial charge in [-0.25, -0.2) is 0 Å². The van der Waals surface area contributed by atoms with Gasteiger partial charge in [-0.1, -0.05) is 26.7 Å². The molecule has 0 aromatic heterocycles. The highest BCUT2D eigenvalue weighted by Crippen LogP contribution is 2.36. The Hall–Kier alpha value is -2.06. The van der Waals surface area contributed by atoms with Crippen LogP contribution >= 0.6 is 0 Å². The van der Waals surface area contributed by atoms with Gasteiger partial charge in [-0.2, -0.15) is 5.26 Å². The number of nitrogens with zero attached hydrogens (tertiary/aromatic N) is 1. The van der Waals surface area contributed by atoms with Crippen molar-refractivity contribution in [3.8, 4) is 11.8 Å². The number of hydrogen-bond acceptors (Lipinski definition) is 4. The molecule has 1 aliphatic rings. The Kier molecular flexibility index (Phi) is 7.47. The van der Waals surface area contributed by atoms with E-state index in [0.29, 0.717) is 36.1 Å². The molecular weight excluding hydrogens is 328 g/mol. The molecule has 0 radical (unpaired) electrons. The van der Waals surface area contributed by atoms with Crippen LogP contribution in [0.1, 0.15) is 64.9 Å². The first-order chi connectivity index (χ1) is 12.5. The molecule has 2 rings (SSSR count). The summed E-state index contributed by atoms with van der Waals surface area (Å²) in [5, 5.41) is 12.3. The number of hydrogen-bond donors (Lipinski definition) is 1. The average molecular weight is 358 g/mol. The summed E-state index contributed by atoms with van der Waals surface area (Å²) in [7, 11) is 0. The standard InChI is InChI=1S/C21H30N2O3/c1-4-6-12-25-19-10-9-18(13-17(19)15-22)23-20(24)21(26-5-2)11-7-8-16(3)14-21/h9-10,13,16H,4-8,11-12,14H2,1-3H3,(H,23,24). The zero-order valence-electron chi connectivity index (χ0n) is 16.1. The molecule has 142 valence electrons. The molecule has 0 bridgehead atoms. The third kappa shape index (κ3) is 4.98. The van der Waals surface area contributed by atoms with E-state index in [1.54, 1.807) is 18.2 Å². The van der Waals surface area contributed by atoms with Crippen molar-refractivity contribution < 1.29 is 14.3 Å². The normalized spacial score (nSPS) is 22.5. The van der Waals surface area contributed by atoms with Gasteiger partial charge in [-0.05, 0) is 56.7 Å². The molecule has 1 aromatic carbocycles. The van der Waals surface area contributed by atoms with Gasteiger partial charge in [0.05, 0.1) is 12.2 Å². The highest BCUT2D eigenvalue weighted by Gasteiger charge is 2.42. The van der Waals surface area contributed by atoms with Crippen LogP contribution in [0.2, 0.25) is 0 Å². The monoisotopic (exact) mass is 358 g/mol. The van der Waals surface area contributed by atoms with Crippen molar-refractivity contribution in [2.45, 2.75) is 64.9 Å². The van der Waals surface area contributed by atoms with E-state index < -0.39 is 5.60 Å². The fraction of sp³-hybridized carbons (Fsp3) is 0.619. The fourth-order valence-corrected chi connectivity index (χ4v) is 3.57. The third-order valence-corrected chi connectivity index (χ3v) is 4.90. The zero-order chi connectivity index (χ0) is 19.0. The fourth-order valence-electron chi connectivity index (χ4n) is 3.57. The number of nitriles is 1. The molecule has 1 saturated carbocycles. The minimum atomic E-state index is -0.768. The highest BCUT2D eigenvalue weighted by atomic mass is 16.5. The molecule has 0 saturated heterocycles. The van der Waals surface area contributed by atoms with Crippen LogP contribution in [0.25, 0.3) is 0 Å². The van der Waals surface area contributed by atoms with Crippen LogP contribution in [0.4, 0.5) is 5.69 Å². The van der Waals surface area contributed by atoms with Crippen molar-refractivity contribution in [3.63, 3.8) is 0 Å². The van der Waals surface area contributed by atoms with E-state index in [0.717, 1.165) is 38.5 Å². The van der Waals surface area contributed by atoms with Crippen LogP contribution in [0.3, 0.4) is 0 Å². The average Bonchev–Trinajstić information content (AvgIpc) is 2.63. The summed E-state index contributed by atoms with van der Waals surface area (Å²) in [6.45, 7) is 7.27. The third-order valence-electron chi connectivity index (χ3n) is 4.90. The number of carbonyl (C=O) groups excluding carboxylic acids is 1. The molecule has 1 amide bonds. The predicted octanol–water partition coefficient (Wildman–Crippen LogP) is 4.66. The Morgan fingerprint density at radius 3 is 2.88 bits per heavy atom. The lowest BCUT2D eigenvalue weighted by atomic mass is 9.78. The van der Waals surface area contributed by atoms with Crippen molar-refractivity contribution >= 4 is 11.6 Å². The second-order valence-electron chi connectivity index (χ2n) is 7.11. The summed E-state index contributed by atoms with van der Waals surface area (Å²) in [6.07, 6.45) is 5.56. The Morgan fingerprint density at radius 1 is 1.42 bits per heavy atom. The van der Waals surface area contributed by atoms with Crippen LogP contribution in [-0.2, 0) is 9.53 Å². The first-order valence-corrected chi connectivity index (χ1v) is 9.67. The molecule has 0 aliphatic heterocycles. The van der Waals surface area contributed by atoms with E-state index >= 15 is 0 Å². The molecular formula is C21H30N2O3. The maximum absolute atomic E-state index is 13.0. The Morgan fingerprint density at radius 2 is 2.23 bits per heavy atom. The number of benzene rings is 1. The SMILES string of the molecule is CCCCOc1ccc(NC(=O)C2(OCC)CCCC(C)C2)cc1C#N. The highest BCUT2D eigenvalue weighted by molar-refractivity contribution is 5.97. The summed E-state index contributed by atoms with van der Waals surface area (Å²) >= 11 is 0. The number of rotatable bonds is 8. The number of nitrogens with one attached hydrogen (secondary N) is 1. The van der Waals surface area contributed by atoms with E-state index in [9.17, 15) is 10.1 Å². The molecule has 26 heavy (non-hydrogen) atoms. The van der Waals surface area contributed by atoms with Crippen molar-refractivity contribution in [1.29, 1.82) is 5.26 Å². The first-order valence-electron chi connectivity index (χ1n) is 9.67. The maximum atomic E-state index is 13.0. The quantitative estimate of drug-likeness (QED) is 0.686. The minimum Gasteiger partial charge on any atom is -0.492 e. The molecule has 5 heteroatoms. The van der Waals surface area contributed by atoms with E-state index in [1.807, 2.05) is 6.92 Å². The minimum absolute atomic E-state index is 0.116. The Labute approximate surface area is 156 Å². The van der Waals surface area contributed by atoms with Crippen molar-refractivity contribution in [2.24, 2.45) is 5.92 Å². The van der Waals surface area contributed by atoms with Gasteiger partial charge in [-0.15, -0.1) is 0 Å². The van der Waals surface area contributed by atoms with Crippen molar-refractivity contribution in [2.75, 3.05) is 18.5 Å². The van der Waals surface area contributed by atoms with Gasteiger partial charge in [0.1, 0.15) is 17.4 Å². The molecule has 1 aliphatic carbocycles. The summed E-state index contributed by atoms with van der Waals surface area (Å²) in [6, 6.07) is 7.36. The summed E-state index contributed by atoms with van der Waals surface area (Å²) < 4.78 is 11.6. The van der Waals surface area contributed by atoms with Gasteiger partial charge in [0.25, 0.3) is 5.91 Å². The second-order valence-corrected chi connectivity index (χ2v) is 7.11. The van der Waals surface area contributed by atoms with E-state index in [4.69, 9.17) is 9.47 Å². The van der Waals surface area contributed by atoms with Gasteiger partial charge in [0.15, 0.2) is 0 Å². The molecule has 1 aromatic rings. The van der Waals surface area contributed by atoms with Gasteiger partial charge in [-0.3, -0.25) is 4.79 Å². The molecule has 2 atom stereocenters. The number of unbranched alkanes of at least 4 members (excludes halogenated alkanes) is 1. The number of anilines is 1. The lowest BCUT2D eigenvalue weighted by Gasteiger charge is -2.38. The molecule has 2 unspecified atom stereocenters. The topological polar surface area (TPSA) is 71.3 Å². The molecule has 0 heterocycles. The molecule has 1 fully saturated rings. The molecule has 5 nitrogen and oxygen atoms in total. The van der Waals surface area contributed by atoms with E-state index in [1.165, 1.54) is 0 Å². The van der Waals surface area contributed by atoms with Crippen LogP contribution < -0.4 is 10.1 Å². The van der Waals surface area contributed by atoms with Gasteiger partial charge in [0, 0.05) is 12.3 Å². The van der Waals surface area contributed by atoms with Crippen LogP contribution in [-0.4, -0.2) is 24.7 Å². The zero-order valence-corrected chi connectivity index (χ0v) is 16.1. The second kappa shape index (κ2) is 9.59. The van der Waals surface area contributed by atoms with Crippen LogP contribution in [0.15, 0.2) is 18.2 Å². The van der Waals surface area contributed by atoms with Gasteiger partial charge in [0.2, 0.25) is 0 Å². The van der Waals surface area contributed by atoms with E-state index in [-0.39, 0.29) is 5.91 Å². The van der Waals surface area contributed by atoms with Crippen LogP contribution in [0.5, 0.6) is 5.75 Å². The summed E-state index contributed by atoms with van der Waals surface area (Å²) in [5.74, 6) is 0.907. The van der Waals surface area contributed by atoms with Gasteiger partial charge >= 0.3 is 0 Å². The van der Waals surface area contributed by atoms with Crippen molar-refractivity contribution in [1.82, 2.24) is 0 Å². The van der Waals surface area contributed by atoms with Crippen molar-refractivity contribution in [3.05, 3.63) is 23.8 Å². The smallest absolute Gasteiger partial charge is 0.256 e. The number of carbonyl (C=O) groups is 1. The Balaban J connectivity index is 2.13. The maximum Gasteiger partial charge on any atom is 0.256 e. The number of amides is 1. The molecule has 0 spiro atoms. The summed E-state index contributed by atoms with van der Waals surface area (Å²) in [5.41, 5.74) is 0.267. The predicted molar refractivity (Wildman–Crippen MR) is 102 cm³/mol. The Bertz CT molecular complexity index is 649.